The van der Waals surface area contributed by atoms with Crippen molar-refractivity contribution in [2.75, 3.05) is 20.2 Å². The summed E-state index contributed by atoms with van der Waals surface area (Å²) in [6.07, 6.45) is 1.16. The van der Waals surface area contributed by atoms with Gasteiger partial charge in [0, 0.05) is 18.2 Å². The molecule has 0 radical (unpaired) electrons. The van der Waals surface area contributed by atoms with Crippen LogP contribution < -0.4 is 10.5 Å². The fourth-order valence-electron chi connectivity index (χ4n) is 2.05. The van der Waals surface area contributed by atoms with Crippen molar-refractivity contribution in [1.82, 2.24) is 4.90 Å². The molecule has 1 rings (SSSR count). The van der Waals surface area contributed by atoms with E-state index in [1.807, 2.05) is 19.9 Å². The smallest absolute Gasteiger partial charge is 0.123 e. The lowest BCUT2D eigenvalue weighted by Gasteiger charge is -2.19. The van der Waals surface area contributed by atoms with Crippen LogP contribution in [0.3, 0.4) is 0 Å². The van der Waals surface area contributed by atoms with Gasteiger partial charge in [-0.1, -0.05) is 13.0 Å². The third-order valence-corrected chi connectivity index (χ3v) is 2.96. The van der Waals surface area contributed by atoms with Crippen molar-refractivity contribution in [1.29, 1.82) is 0 Å². The number of ether oxygens (including phenoxy) is 1. The van der Waals surface area contributed by atoms with Crippen LogP contribution >= 0.6 is 0 Å². The Morgan fingerprint density at radius 1 is 1.33 bits per heavy atom. The van der Waals surface area contributed by atoms with E-state index in [1.54, 1.807) is 0 Å². The SMILES string of the molecule is CCCN(C)Cc1cc(C(C)N)ccc1OCC. The van der Waals surface area contributed by atoms with Gasteiger partial charge in [0.1, 0.15) is 5.75 Å². The maximum atomic E-state index is 5.94. The minimum Gasteiger partial charge on any atom is -0.494 e. The molecule has 0 aliphatic rings. The Balaban J connectivity index is 2.91. The highest BCUT2D eigenvalue weighted by atomic mass is 16.5. The summed E-state index contributed by atoms with van der Waals surface area (Å²) in [6.45, 7) is 8.91. The number of benzene rings is 1. The first-order valence-electron chi connectivity index (χ1n) is 6.78. The number of hydrogen-bond donors (Lipinski definition) is 1. The van der Waals surface area contributed by atoms with Crippen molar-refractivity contribution < 1.29 is 4.74 Å². The first-order chi connectivity index (χ1) is 8.58. The molecule has 3 nitrogen and oxygen atoms in total. The molecule has 0 amide bonds. The second kappa shape index (κ2) is 7.39. The normalized spacial score (nSPS) is 12.8. The molecule has 0 bridgehead atoms. The van der Waals surface area contributed by atoms with Gasteiger partial charge < -0.3 is 15.4 Å². The van der Waals surface area contributed by atoms with E-state index in [0.29, 0.717) is 6.61 Å². The molecule has 1 atom stereocenters. The van der Waals surface area contributed by atoms with Crippen LogP contribution in [0.25, 0.3) is 0 Å². The first-order valence-corrected chi connectivity index (χ1v) is 6.78. The molecule has 18 heavy (non-hydrogen) atoms. The fraction of sp³-hybridized carbons (Fsp3) is 0.600. The minimum absolute atomic E-state index is 0.0657. The summed E-state index contributed by atoms with van der Waals surface area (Å²) in [5.41, 5.74) is 8.33. The van der Waals surface area contributed by atoms with Gasteiger partial charge in [0.2, 0.25) is 0 Å². The van der Waals surface area contributed by atoms with Crippen molar-refractivity contribution in [2.24, 2.45) is 5.73 Å². The molecular formula is C15H26N2O. The van der Waals surface area contributed by atoms with Crippen molar-refractivity contribution in [3.63, 3.8) is 0 Å². The molecule has 0 aromatic heterocycles. The number of hydrogen-bond acceptors (Lipinski definition) is 3. The van der Waals surface area contributed by atoms with E-state index >= 15 is 0 Å². The molecule has 0 fully saturated rings. The molecule has 102 valence electrons. The molecule has 1 unspecified atom stereocenters. The van der Waals surface area contributed by atoms with E-state index < -0.39 is 0 Å². The lowest BCUT2D eigenvalue weighted by atomic mass is 10.0. The van der Waals surface area contributed by atoms with Crippen LogP contribution in [0.15, 0.2) is 18.2 Å². The van der Waals surface area contributed by atoms with E-state index in [2.05, 4.69) is 31.0 Å². The highest BCUT2D eigenvalue weighted by molar-refractivity contribution is 5.38. The van der Waals surface area contributed by atoms with Gasteiger partial charge in [0.05, 0.1) is 6.61 Å². The average molecular weight is 250 g/mol. The van der Waals surface area contributed by atoms with Gasteiger partial charge in [-0.05, 0) is 51.6 Å². The Hall–Kier alpha value is -1.06. The van der Waals surface area contributed by atoms with E-state index in [0.717, 1.165) is 25.3 Å². The van der Waals surface area contributed by atoms with E-state index in [1.165, 1.54) is 11.1 Å². The molecule has 0 aliphatic carbocycles. The van der Waals surface area contributed by atoms with Gasteiger partial charge in [0.15, 0.2) is 0 Å². The highest BCUT2D eigenvalue weighted by Gasteiger charge is 2.09. The summed E-state index contributed by atoms with van der Waals surface area (Å²) >= 11 is 0. The lowest BCUT2D eigenvalue weighted by molar-refractivity contribution is 0.303. The van der Waals surface area contributed by atoms with Gasteiger partial charge in [-0.15, -0.1) is 0 Å². The van der Waals surface area contributed by atoms with Crippen LogP contribution in [-0.4, -0.2) is 25.1 Å². The maximum absolute atomic E-state index is 5.94. The van der Waals surface area contributed by atoms with Gasteiger partial charge in [-0.25, -0.2) is 0 Å². The summed E-state index contributed by atoms with van der Waals surface area (Å²) in [4.78, 5) is 2.31. The van der Waals surface area contributed by atoms with Crippen molar-refractivity contribution in [2.45, 2.75) is 39.8 Å². The molecule has 2 N–H and O–H groups in total. The minimum atomic E-state index is 0.0657. The molecular weight excluding hydrogens is 224 g/mol. The van der Waals surface area contributed by atoms with Gasteiger partial charge in [0.25, 0.3) is 0 Å². The predicted molar refractivity (Wildman–Crippen MR) is 76.8 cm³/mol. The Morgan fingerprint density at radius 2 is 2.06 bits per heavy atom. The topological polar surface area (TPSA) is 38.5 Å². The van der Waals surface area contributed by atoms with Crippen molar-refractivity contribution in [3.05, 3.63) is 29.3 Å². The first kappa shape index (κ1) is 15.0. The number of rotatable bonds is 7. The summed E-state index contributed by atoms with van der Waals surface area (Å²) in [5, 5.41) is 0. The van der Waals surface area contributed by atoms with Gasteiger partial charge in [-0.2, -0.15) is 0 Å². The zero-order valence-electron chi connectivity index (χ0n) is 12.1. The molecule has 0 saturated heterocycles. The van der Waals surface area contributed by atoms with Crippen LogP contribution in [-0.2, 0) is 6.54 Å². The maximum Gasteiger partial charge on any atom is 0.123 e. The van der Waals surface area contributed by atoms with E-state index in [4.69, 9.17) is 10.5 Å². The van der Waals surface area contributed by atoms with Crippen molar-refractivity contribution >= 4 is 0 Å². The zero-order chi connectivity index (χ0) is 13.5. The van der Waals surface area contributed by atoms with Crippen LogP contribution in [0.4, 0.5) is 0 Å². The third kappa shape index (κ3) is 4.31. The largest absolute Gasteiger partial charge is 0.494 e. The number of nitrogens with zero attached hydrogens (tertiary/aromatic N) is 1. The van der Waals surface area contributed by atoms with Crippen LogP contribution in [0, 0.1) is 0 Å². The molecule has 3 heteroatoms. The van der Waals surface area contributed by atoms with Crippen molar-refractivity contribution in [3.8, 4) is 5.75 Å². The quantitative estimate of drug-likeness (QED) is 0.808. The highest BCUT2D eigenvalue weighted by Crippen LogP contribution is 2.24. The molecule has 0 aliphatic heterocycles. The molecule has 0 saturated carbocycles. The summed E-state index contributed by atoms with van der Waals surface area (Å²) in [7, 11) is 2.14. The van der Waals surface area contributed by atoms with E-state index in [-0.39, 0.29) is 6.04 Å². The molecule has 1 aromatic rings. The van der Waals surface area contributed by atoms with Crippen LogP contribution in [0.1, 0.15) is 44.4 Å². The Morgan fingerprint density at radius 3 is 2.61 bits per heavy atom. The Labute approximate surface area is 111 Å². The standard InChI is InChI=1S/C15H26N2O/c1-5-9-17(4)11-14-10-13(12(3)16)7-8-15(14)18-6-2/h7-8,10,12H,5-6,9,11,16H2,1-4H3. The lowest BCUT2D eigenvalue weighted by Crippen LogP contribution is -2.19. The van der Waals surface area contributed by atoms with Crippen LogP contribution in [0.2, 0.25) is 0 Å². The zero-order valence-corrected chi connectivity index (χ0v) is 12.1. The Bertz CT molecular complexity index is 364. The van der Waals surface area contributed by atoms with Gasteiger partial charge >= 0.3 is 0 Å². The van der Waals surface area contributed by atoms with Gasteiger partial charge in [-0.3, -0.25) is 0 Å². The number of nitrogens with two attached hydrogens (primary N) is 1. The fourth-order valence-corrected chi connectivity index (χ4v) is 2.05. The molecule has 0 heterocycles. The molecule has 1 aromatic carbocycles. The summed E-state index contributed by atoms with van der Waals surface area (Å²) in [6, 6.07) is 6.33. The monoisotopic (exact) mass is 250 g/mol. The average Bonchev–Trinajstić information content (AvgIpc) is 2.31. The second-order valence-corrected chi connectivity index (χ2v) is 4.83. The predicted octanol–water partition coefficient (Wildman–Crippen LogP) is 2.95. The molecule has 0 spiro atoms. The summed E-state index contributed by atoms with van der Waals surface area (Å²) in [5.74, 6) is 0.977. The second-order valence-electron chi connectivity index (χ2n) is 4.83. The summed E-state index contributed by atoms with van der Waals surface area (Å²) < 4.78 is 5.68. The third-order valence-electron chi connectivity index (χ3n) is 2.96. The van der Waals surface area contributed by atoms with Crippen LogP contribution in [0.5, 0.6) is 5.75 Å². The van der Waals surface area contributed by atoms with E-state index in [9.17, 15) is 0 Å². The Kier molecular flexibility index (Phi) is 6.16.